The fraction of sp³-hybridized carbons (Fsp3) is 0.647. The molecule has 0 saturated heterocycles. The lowest BCUT2D eigenvalue weighted by Crippen LogP contribution is -2.36. The predicted octanol–water partition coefficient (Wildman–Crippen LogP) is 2.15. The second kappa shape index (κ2) is 12.8. The maximum Gasteiger partial charge on any atom is 0.0593 e. The van der Waals surface area contributed by atoms with Crippen molar-refractivity contribution >= 4 is 0 Å². The molecule has 0 amide bonds. The topological polar surface area (TPSA) is 33.7 Å². The average molecular weight is 294 g/mol. The van der Waals surface area contributed by atoms with Gasteiger partial charge < -0.3 is 14.8 Å². The van der Waals surface area contributed by atoms with E-state index in [1.165, 1.54) is 5.56 Å². The SMILES string of the molecule is CCOCCN(CCNCc1ccccc1)CCOCC. The van der Waals surface area contributed by atoms with Crippen molar-refractivity contribution in [3.8, 4) is 0 Å². The van der Waals surface area contributed by atoms with Gasteiger partial charge in [0.1, 0.15) is 0 Å². The highest BCUT2D eigenvalue weighted by atomic mass is 16.5. The van der Waals surface area contributed by atoms with Crippen molar-refractivity contribution < 1.29 is 9.47 Å². The summed E-state index contributed by atoms with van der Waals surface area (Å²) in [6, 6.07) is 10.5. The molecule has 1 rings (SSSR count). The van der Waals surface area contributed by atoms with Gasteiger partial charge in [0.2, 0.25) is 0 Å². The largest absolute Gasteiger partial charge is 0.380 e. The minimum absolute atomic E-state index is 0.783. The van der Waals surface area contributed by atoms with Crippen LogP contribution in [-0.4, -0.2) is 57.5 Å². The number of hydrogen-bond donors (Lipinski definition) is 1. The molecule has 0 saturated carbocycles. The first kappa shape index (κ1) is 18.1. The zero-order chi connectivity index (χ0) is 15.2. The van der Waals surface area contributed by atoms with Gasteiger partial charge in [0, 0.05) is 45.9 Å². The highest BCUT2D eigenvalue weighted by molar-refractivity contribution is 5.14. The van der Waals surface area contributed by atoms with E-state index in [0.29, 0.717) is 0 Å². The van der Waals surface area contributed by atoms with Crippen LogP contribution in [0, 0.1) is 0 Å². The highest BCUT2D eigenvalue weighted by Gasteiger charge is 2.04. The van der Waals surface area contributed by atoms with Crippen LogP contribution in [0.15, 0.2) is 30.3 Å². The molecule has 1 aromatic carbocycles. The third-order valence-electron chi connectivity index (χ3n) is 3.29. The summed E-state index contributed by atoms with van der Waals surface area (Å²) in [4.78, 5) is 2.39. The van der Waals surface area contributed by atoms with Gasteiger partial charge in [0.25, 0.3) is 0 Å². The van der Waals surface area contributed by atoms with Crippen molar-refractivity contribution in [2.24, 2.45) is 0 Å². The van der Waals surface area contributed by atoms with Crippen LogP contribution in [-0.2, 0) is 16.0 Å². The monoisotopic (exact) mass is 294 g/mol. The Morgan fingerprint density at radius 3 is 2.10 bits per heavy atom. The van der Waals surface area contributed by atoms with Crippen molar-refractivity contribution in [2.75, 3.05) is 52.6 Å². The molecule has 4 heteroatoms. The molecule has 4 nitrogen and oxygen atoms in total. The third kappa shape index (κ3) is 9.58. The summed E-state index contributed by atoms with van der Waals surface area (Å²) < 4.78 is 10.9. The number of nitrogens with one attached hydrogen (secondary N) is 1. The fourth-order valence-corrected chi connectivity index (χ4v) is 2.08. The summed E-state index contributed by atoms with van der Waals surface area (Å²) in [5.41, 5.74) is 1.33. The molecule has 0 aromatic heterocycles. The summed E-state index contributed by atoms with van der Waals surface area (Å²) in [6.45, 7) is 12.1. The number of rotatable bonds is 13. The van der Waals surface area contributed by atoms with Gasteiger partial charge in [0.05, 0.1) is 13.2 Å². The normalized spacial score (nSPS) is 11.2. The zero-order valence-electron chi connectivity index (χ0n) is 13.5. The van der Waals surface area contributed by atoms with E-state index in [-0.39, 0.29) is 0 Å². The molecule has 1 N–H and O–H groups in total. The first-order chi connectivity index (χ1) is 10.4. The Kier molecular flexibility index (Phi) is 11.0. The van der Waals surface area contributed by atoms with Crippen molar-refractivity contribution in [2.45, 2.75) is 20.4 Å². The van der Waals surface area contributed by atoms with Crippen LogP contribution in [0.5, 0.6) is 0 Å². The Morgan fingerprint density at radius 1 is 0.905 bits per heavy atom. The molecule has 120 valence electrons. The second-order valence-corrected chi connectivity index (χ2v) is 4.90. The lowest BCUT2D eigenvalue weighted by Gasteiger charge is -2.22. The molecule has 0 spiro atoms. The molecule has 1 aromatic rings. The summed E-state index contributed by atoms with van der Waals surface area (Å²) in [6.07, 6.45) is 0. The van der Waals surface area contributed by atoms with Crippen LogP contribution < -0.4 is 5.32 Å². The summed E-state index contributed by atoms with van der Waals surface area (Å²) in [5.74, 6) is 0. The Hall–Kier alpha value is -0.940. The first-order valence-corrected chi connectivity index (χ1v) is 7.99. The summed E-state index contributed by atoms with van der Waals surface area (Å²) in [7, 11) is 0. The maximum absolute atomic E-state index is 5.44. The molecule has 0 aliphatic carbocycles. The smallest absolute Gasteiger partial charge is 0.0593 e. The molecular formula is C17H30N2O2. The minimum Gasteiger partial charge on any atom is -0.380 e. The Balaban J connectivity index is 2.17. The quantitative estimate of drug-likeness (QED) is 0.565. The molecule has 0 bridgehead atoms. The van der Waals surface area contributed by atoms with Gasteiger partial charge in [-0.25, -0.2) is 0 Å². The van der Waals surface area contributed by atoms with E-state index in [0.717, 1.165) is 59.2 Å². The molecule has 0 fully saturated rings. The molecule has 0 heterocycles. The third-order valence-corrected chi connectivity index (χ3v) is 3.29. The Bertz CT molecular complexity index is 323. The van der Waals surface area contributed by atoms with Gasteiger partial charge in [-0.3, -0.25) is 4.90 Å². The van der Waals surface area contributed by atoms with E-state index < -0.39 is 0 Å². The number of hydrogen-bond acceptors (Lipinski definition) is 4. The van der Waals surface area contributed by atoms with E-state index in [2.05, 4.69) is 34.5 Å². The zero-order valence-corrected chi connectivity index (χ0v) is 13.5. The van der Waals surface area contributed by atoms with Crippen molar-refractivity contribution in [3.63, 3.8) is 0 Å². The van der Waals surface area contributed by atoms with Gasteiger partial charge in [-0.1, -0.05) is 30.3 Å². The molecule has 21 heavy (non-hydrogen) atoms. The van der Waals surface area contributed by atoms with Crippen molar-refractivity contribution in [1.29, 1.82) is 0 Å². The van der Waals surface area contributed by atoms with Gasteiger partial charge in [-0.2, -0.15) is 0 Å². The predicted molar refractivity (Wildman–Crippen MR) is 87.6 cm³/mol. The maximum atomic E-state index is 5.44. The number of nitrogens with zero attached hydrogens (tertiary/aromatic N) is 1. The molecule has 0 radical (unpaired) electrons. The van der Waals surface area contributed by atoms with Gasteiger partial charge >= 0.3 is 0 Å². The highest BCUT2D eigenvalue weighted by Crippen LogP contribution is 1.97. The molecule has 0 aliphatic rings. The van der Waals surface area contributed by atoms with Gasteiger partial charge in [-0.15, -0.1) is 0 Å². The minimum atomic E-state index is 0.783. The van der Waals surface area contributed by atoms with Crippen LogP contribution in [0.4, 0.5) is 0 Å². The average Bonchev–Trinajstić information content (AvgIpc) is 2.52. The first-order valence-electron chi connectivity index (χ1n) is 7.99. The number of ether oxygens (including phenoxy) is 2. The van der Waals surface area contributed by atoms with Crippen LogP contribution >= 0.6 is 0 Å². The van der Waals surface area contributed by atoms with Crippen LogP contribution in [0.1, 0.15) is 19.4 Å². The van der Waals surface area contributed by atoms with Gasteiger partial charge in [-0.05, 0) is 19.4 Å². The van der Waals surface area contributed by atoms with Crippen LogP contribution in [0.3, 0.4) is 0 Å². The fourth-order valence-electron chi connectivity index (χ4n) is 2.08. The number of benzene rings is 1. The van der Waals surface area contributed by atoms with E-state index >= 15 is 0 Å². The molecule has 0 unspecified atom stereocenters. The van der Waals surface area contributed by atoms with Crippen LogP contribution in [0.25, 0.3) is 0 Å². The van der Waals surface area contributed by atoms with Crippen LogP contribution in [0.2, 0.25) is 0 Å². The van der Waals surface area contributed by atoms with E-state index in [1.807, 2.05) is 19.9 Å². The van der Waals surface area contributed by atoms with Crippen molar-refractivity contribution in [3.05, 3.63) is 35.9 Å². The summed E-state index contributed by atoms with van der Waals surface area (Å²) >= 11 is 0. The standard InChI is InChI=1S/C17H30N2O2/c1-3-20-14-12-19(13-15-21-4-2)11-10-18-16-17-8-6-5-7-9-17/h5-9,18H,3-4,10-16H2,1-2H3. The molecule has 0 atom stereocenters. The van der Waals surface area contributed by atoms with E-state index in [1.54, 1.807) is 0 Å². The summed E-state index contributed by atoms with van der Waals surface area (Å²) in [5, 5.41) is 3.49. The Morgan fingerprint density at radius 2 is 1.52 bits per heavy atom. The lowest BCUT2D eigenvalue weighted by molar-refractivity contribution is 0.0832. The molecule has 0 aliphatic heterocycles. The van der Waals surface area contributed by atoms with E-state index in [4.69, 9.17) is 9.47 Å². The Labute approximate surface area is 129 Å². The molecular weight excluding hydrogens is 264 g/mol. The second-order valence-electron chi connectivity index (χ2n) is 4.90. The van der Waals surface area contributed by atoms with Crippen molar-refractivity contribution in [1.82, 2.24) is 10.2 Å². The van der Waals surface area contributed by atoms with Gasteiger partial charge in [0.15, 0.2) is 0 Å². The van der Waals surface area contributed by atoms with E-state index in [9.17, 15) is 0 Å². The lowest BCUT2D eigenvalue weighted by atomic mass is 10.2.